The van der Waals surface area contributed by atoms with E-state index in [0.29, 0.717) is 6.67 Å². The van der Waals surface area contributed by atoms with Gasteiger partial charge in [-0.3, -0.25) is 4.68 Å². The minimum atomic E-state index is 0.653. The second-order valence-electron chi connectivity index (χ2n) is 3.39. The molecule has 0 N–H and O–H groups in total. The molecular weight excluding hydrogens is 188 g/mol. The quantitative estimate of drug-likeness (QED) is 0.628. The normalized spacial score (nSPS) is 10.9. The standard InChI is InChI=1S/C11H10N4/c1-2-5-11-10(4-1)8-13-15(11)9-14-7-3-6-12-14/h1-8H,9H2. The third-order valence-electron chi connectivity index (χ3n) is 2.39. The van der Waals surface area contributed by atoms with Crippen molar-refractivity contribution in [3.63, 3.8) is 0 Å². The van der Waals surface area contributed by atoms with E-state index in [1.807, 2.05) is 40.0 Å². The van der Waals surface area contributed by atoms with E-state index in [-0.39, 0.29) is 0 Å². The summed E-state index contributed by atoms with van der Waals surface area (Å²) < 4.78 is 3.78. The molecule has 0 spiro atoms. The second kappa shape index (κ2) is 3.24. The van der Waals surface area contributed by atoms with E-state index in [9.17, 15) is 0 Å². The van der Waals surface area contributed by atoms with Gasteiger partial charge in [-0.15, -0.1) is 0 Å². The van der Waals surface area contributed by atoms with E-state index in [2.05, 4.69) is 22.3 Å². The number of aromatic nitrogens is 4. The van der Waals surface area contributed by atoms with E-state index in [1.165, 1.54) is 0 Å². The van der Waals surface area contributed by atoms with Crippen molar-refractivity contribution in [2.75, 3.05) is 0 Å². The Hall–Kier alpha value is -2.10. The first-order valence-electron chi connectivity index (χ1n) is 4.81. The number of benzene rings is 1. The van der Waals surface area contributed by atoms with Crippen LogP contribution in [0.4, 0.5) is 0 Å². The fourth-order valence-electron chi connectivity index (χ4n) is 1.66. The van der Waals surface area contributed by atoms with E-state index in [4.69, 9.17) is 0 Å². The lowest BCUT2D eigenvalue weighted by Crippen LogP contribution is -2.09. The van der Waals surface area contributed by atoms with Crippen molar-refractivity contribution >= 4 is 10.9 Å². The molecule has 0 aliphatic rings. The highest BCUT2D eigenvalue weighted by Gasteiger charge is 2.01. The molecular formula is C11H10N4. The second-order valence-corrected chi connectivity index (χ2v) is 3.39. The molecule has 0 amide bonds. The zero-order valence-corrected chi connectivity index (χ0v) is 8.11. The maximum atomic E-state index is 4.33. The van der Waals surface area contributed by atoms with Crippen molar-refractivity contribution in [1.82, 2.24) is 19.6 Å². The Labute approximate surface area is 86.7 Å². The predicted molar refractivity (Wildman–Crippen MR) is 57.4 cm³/mol. The van der Waals surface area contributed by atoms with Gasteiger partial charge in [-0.1, -0.05) is 18.2 Å². The van der Waals surface area contributed by atoms with Gasteiger partial charge in [0.15, 0.2) is 0 Å². The smallest absolute Gasteiger partial charge is 0.133 e. The maximum Gasteiger partial charge on any atom is 0.133 e. The van der Waals surface area contributed by atoms with Crippen LogP contribution in [0.15, 0.2) is 48.9 Å². The summed E-state index contributed by atoms with van der Waals surface area (Å²) >= 11 is 0. The number of para-hydroxylation sites is 1. The van der Waals surface area contributed by atoms with Gasteiger partial charge in [0.2, 0.25) is 0 Å². The van der Waals surface area contributed by atoms with E-state index in [0.717, 1.165) is 10.9 Å². The van der Waals surface area contributed by atoms with E-state index >= 15 is 0 Å². The molecule has 0 aliphatic heterocycles. The first-order chi connectivity index (χ1) is 7.43. The molecule has 15 heavy (non-hydrogen) atoms. The molecule has 2 aromatic heterocycles. The molecule has 4 nitrogen and oxygen atoms in total. The molecule has 0 bridgehead atoms. The predicted octanol–water partition coefficient (Wildman–Crippen LogP) is 1.74. The molecule has 0 saturated heterocycles. The van der Waals surface area contributed by atoms with Crippen LogP contribution in [0.3, 0.4) is 0 Å². The summed E-state index contributed by atoms with van der Waals surface area (Å²) in [6.45, 7) is 0.653. The average molecular weight is 198 g/mol. The largest absolute Gasteiger partial charge is 0.251 e. The Kier molecular flexibility index (Phi) is 1.78. The Morgan fingerprint density at radius 3 is 2.87 bits per heavy atom. The minimum absolute atomic E-state index is 0.653. The van der Waals surface area contributed by atoms with Gasteiger partial charge >= 0.3 is 0 Å². The monoisotopic (exact) mass is 198 g/mol. The van der Waals surface area contributed by atoms with Crippen LogP contribution < -0.4 is 0 Å². The van der Waals surface area contributed by atoms with E-state index in [1.54, 1.807) is 6.20 Å². The zero-order valence-electron chi connectivity index (χ0n) is 8.11. The van der Waals surface area contributed by atoms with Crippen LogP contribution in [-0.2, 0) is 6.67 Å². The van der Waals surface area contributed by atoms with Gasteiger partial charge in [-0.2, -0.15) is 10.2 Å². The molecule has 0 unspecified atom stereocenters. The molecule has 4 heteroatoms. The fraction of sp³-hybridized carbons (Fsp3) is 0.0909. The summed E-state index contributed by atoms with van der Waals surface area (Å²) in [6, 6.07) is 10.1. The highest BCUT2D eigenvalue weighted by Crippen LogP contribution is 2.12. The molecule has 0 atom stereocenters. The van der Waals surface area contributed by atoms with Crippen LogP contribution in [0.25, 0.3) is 10.9 Å². The molecule has 2 heterocycles. The summed E-state index contributed by atoms with van der Waals surface area (Å²) in [5.41, 5.74) is 1.13. The number of rotatable bonds is 2. The van der Waals surface area contributed by atoms with Gasteiger partial charge in [-0.05, 0) is 12.1 Å². The van der Waals surface area contributed by atoms with Gasteiger partial charge in [-0.25, -0.2) is 4.68 Å². The zero-order chi connectivity index (χ0) is 10.1. The van der Waals surface area contributed by atoms with E-state index < -0.39 is 0 Å². The molecule has 0 saturated carbocycles. The van der Waals surface area contributed by atoms with Crippen molar-refractivity contribution in [2.24, 2.45) is 0 Å². The molecule has 3 rings (SSSR count). The minimum Gasteiger partial charge on any atom is -0.251 e. The number of hydrogen-bond acceptors (Lipinski definition) is 2. The van der Waals surface area contributed by atoms with Crippen LogP contribution in [0.2, 0.25) is 0 Å². The summed E-state index contributed by atoms with van der Waals surface area (Å²) in [4.78, 5) is 0. The van der Waals surface area contributed by atoms with Crippen LogP contribution >= 0.6 is 0 Å². The molecule has 3 aromatic rings. The SMILES string of the molecule is c1ccc2c(c1)cnn2Cn1cccn1. The summed E-state index contributed by atoms with van der Waals surface area (Å²) in [6.07, 6.45) is 5.57. The lowest BCUT2D eigenvalue weighted by atomic mass is 10.3. The Bertz CT molecular complexity index is 565. The number of fused-ring (bicyclic) bond motifs is 1. The molecule has 0 fully saturated rings. The fourth-order valence-corrected chi connectivity index (χ4v) is 1.66. The third kappa shape index (κ3) is 1.40. The van der Waals surface area contributed by atoms with Crippen molar-refractivity contribution in [2.45, 2.75) is 6.67 Å². The first-order valence-corrected chi connectivity index (χ1v) is 4.81. The highest BCUT2D eigenvalue weighted by atomic mass is 15.4. The van der Waals surface area contributed by atoms with Crippen molar-refractivity contribution < 1.29 is 0 Å². The lowest BCUT2D eigenvalue weighted by Gasteiger charge is -2.02. The molecule has 1 aromatic carbocycles. The summed E-state index contributed by atoms with van der Waals surface area (Å²) in [7, 11) is 0. The average Bonchev–Trinajstić information content (AvgIpc) is 2.89. The highest BCUT2D eigenvalue weighted by molar-refractivity contribution is 5.78. The Morgan fingerprint density at radius 2 is 2.00 bits per heavy atom. The molecule has 0 aliphatic carbocycles. The van der Waals surface area contributed by atoms with Crippen molar-refractivity contribution in [1.29, 1.82) is 0 Å². The molecule has 74 valence electrons. The van der Waals surface area contributed by atoms with Crippen LogP contribution in [-0.4, -0.2) is 19.6 Å². The summed E-state index contributed by atoms with van der Waals surface area (Å²) in [5, 5.41) is 9.64. The Balaban J connectivity index is 2.05. The lowest BCUT2D eigenvalue weighted by molar-refractivity contribution is 0.516. The van der Waals surface area contributed by atoms with Crippen molar-refractivity contribution in [3.05, 3.63) is 48.9 Å². The van der Waals surface area contributed by atoms with Gasteiger partial charge in [0.25, 0.3) is 0 Å². The number of nitrogens with zero attached hydrogens (tertiary/aromatic N) is 4. The number of hydrogen-bond donors (Lipinski definition) is 0. The van der Waals surface area contributed by atoms with Crippen LogP contribution in [0.1, 0.15) is 0 Å². The third-order valence-corrected chi connectivity index (χ3v) is 2.39. The van der Waals surface area contributed by atoms with Gasteiger partial charge in [0, 0.05) is 17.8 Å². The van der Waals surface area contributed by atoms with Gasteiger partial charge in [0.1, 0.15) is 6.67 Å². The maximum absolute atomic E-state index is 4.33. The molecule has 0 radical (unpaired) electrons. The van der Waals surface area contributed by atoms with Crippen LogP contribution in [0.5, 0.6) is 0 Å². The topological polar surface area (TPSA) is 35.6 Å². The summed E-state index contributed by atoms with van der Waals surface area (Å²) in [5.74, 6) is 0. The van der Waals surface area contributed by atoms with Gasteiger partial charge < -0.3 is 0 Å². The Morgan fingerprint density at radius 1 is 1.07 bits per heavy atom. The van der Waals surface area contributed by atoms with Gasteiger partial charge in [0.05, 0.1) is 11.7 Å². The first kappa shape index (κ1) is 8.23. The van der Waals surface area contributed by atoms with Crippen molar-refractivity contribution in [3.8, 4) is 0 Å². The van der Waals surface area contributed by atoms with Crippen LogP contribution in [0, 0.1) is 0 Å².